The van der Waals surface area contributed by atoms with Gasteiger partial charge < -0.3 is 9.47 Å². The SMILES string of the molecule is C=CCc1ccccc1OCCOc1ccccc1C=Nn1cnnc1. The molecule has 0 N–H and O–H groups in total. The lowest BCUT2D eigenvalue weighted by Gasteiger charge is -2.12. The van der Waals surface area contributed by atoms with Gasteiger partial charge in [0.15, 0.2) is 0 Å². The summed E-state index contributed by atoms with van der Waals surface area (Å²) in [6.07, 6.45) is 7.39. The zero-order chi connectivity index (χ0) is 18.0. The van der Waals surface area contributed by atoms with Gasteiger partial charge in [0.05, 0.1) is 6.21 Å². The standard InChI is InChI=1S/C20H20N4O2/c1-2-7-17-8-3-5-10-19(17)25-12-13-26-20-11-6-4-9-18(20)14-23-24-15-21-22-16-24/h2-6,8-11,14-16H,1,7,12-13H2. The second-order valence-corrected chi connectivity index (χ2v) is 5.42. The predicted octanol–water partition coefficient (Wildman–Crippen LogP) is 3.35. The van der Waals surface area contributed by atoms with Crippen molar-refractivity contribution in [3.8, 4) is 11.5 Å². The van der Waals surface area contributed by atoms with Crippen molar-refractivity contribution in [2.45, 2.75) is 6.42 Å². The van der Waals surface area contributed by atoms with Gasteiger partial charge >= 0.3 is 0 Å². The largest absolute Gasteiger partial charge is 0.490 e. The highest BCUT2D eigenvalue weighted by molar-refractivity contribution is 5.83. The Morgan fingerprint density at radius 3 is 2.35 bits per heavy atom. The molecule has 0 aliphatic heterocycles. The Hall–Kier alpha value is -3.41. The van der Waals surface area contributed by atoms with Gasteiger partial charge in [-0.25, -0.2) is 4.68 Å². The Morgan fingerprint density at radius 1 is 0.923 bits per heavy atom. The van der Waals surface area contributed by atoms with E-state index in [2.05, 4.69) is 21.9 Å². The summed E-state index contributed by atoms with van der Waals surface area (Å²) < 4.78 is 13.2. The van der Waals surface area contributed by atoms with Crippen molar-refractivity contribution in [2.75, 3.05) is 13.2 Å². The molecule has 0 aliphatic carbocycles. The molecular weight excluding hydrogens is 328 g/mol. The van der Waals surface area contributed by atoms with Crippen LogP contribution in [0.3, 0.4) is 0 Å². The van der Waals surface area contributed by atoms with Gasteiger partial charge in [0, 0.05) is 5.56 Å². The summed E-state index contributed by atoms with van der Waals surface area (Å²) in [5.74, 6) is 1.60. The fourth-order valence-corrected chi connectivity index (χ4v) is 2.37. The zero-order valence-corrected chi connectivity index (χ0v) is 14.4. The molecule has 0 radical (unpaired) electrons. The molecule has 0 spiro atoms. The molecule has 0 aliphatic rings. The maximum atomic E-state index is 5.85. The van der Waals surface area contributed by atoms with Gasteiger partial charge in [0.25, 0.3) is 0 Å². The number of benzene rings is 2. The van der Waals surface area contributed by atoms with Gasteiger partial charge in [-0.1, -0.05) is 36.4 Å². The maximum absolute atomic E-state index is 5.85. The second-order valence-electron chi connectivity index (χ2n) is 5.42. The van der Waals surface area contributed by atoms with Crippen LogP contribution in [-0.2, 0) is 6.42 Å². The van der Waals surface area contributed by atoms with Crippen LogP contribution in [0.5, 0.6) is 11.5 Å². The minimum Gasteiger partial charge on any atom is -0.490 e. The molecule has 2 aromatic carbocycles. The monoisotopic (exact) mass is 348 g/mol. The molecule has 0 fully saturated rings. The number of nitrogens with zero attached hydrogens (tertiary/aromatic N) is 4. The third-order valence-corrected chi connectivity index (χ3v) is 3.59. The quantitative estimate of drug-likeness (QED) is 0.338. The summed E-state index contributed by atoms with van der Waals surface area (Å²) in [5, 5.41) is 11.7. The van der Waals surface area contributed by atoms with E-state index in [1.807, 2.05) is 54.6 Å². The van der Waals surface area contributed by atoms with Gasteiger partial charge in [0.2, 0.25) is 0 Å². The third-order valence-electron chi connectivity index (χ3n) is 3.59. The molecule has 3 aromatic rings. The average molecular weight is 348 g/mol. The van der Waals surface area contributed by atoms with Crippen LogP contribution in [-0.4, -0.2) is 34.3 Å². The lowest BCUT2D eigenvalue weighted by Crippen LogP contribution is -2.10. The highest BCUT2D eigenvalue weighted by Gasteiger charge is 2.03. The van der Waals surface area contributed by atoms with Crippen LogP contribution in [0.4, 0.5) is 0 Å². The molecule has 0 bridgehead atoms. The molecule has 3 rings (SSSR count). The van der Waals surface area contributed by atoms with Crippen molar-refractivity contribution in [1.29, 1.82) is 0 Å². The molecule has 0 saturated heterocycles. The Kier molecular flexibility index (Phi) is 6.14. The molecule has 132 valence electrons. The summed E-state index contributed by atoms with van der Waals surface area (Å²) in [7, 11) is 0. The summed E-state index contributed by atoms with van der Waals surface area (Å²) in [6, 6.07) is 15.6. The molecule has 26 heavy (non-hydrogen) atoms. The molecule has 1 aromatic heterocycles. The third kappa shape index (κ3) is 4.80. The van der Waals surface area contributed by atoms with Crippen molar-refractivity contribution < 1.29 is 9.47 Å². The summed E-state index contributed by atoms with van der Waals surface area (Å²) >= 11 is 0. The molecule has 6 heteroatoms. The number of allylic oxidation sites excluding steroid dienone is 1. The number of ether oxygens (including phenoxy) is 2. The molecule has 1 heterocycles. The van der Waals surface area contributed by atoms with Crippen molar-refractivity contribution in [1.82, 2.24) is 14.9 Å². The Balaban J connectivity index is 1.56. The number of hydrogen-bond acceptors (Lipinski definition) is 5. The van der Waals surface area contributed by atoms with Crippen molar-refractivity contribution in [2.24, 2.45) is 5.10 Å². The lowest BCUT2D eigenvalue weighted by molar-refractivity contribution is 0.216. The molecule has 0 atom stereocenters. The van der Waals surface area contributed by atoms with E-state index >= 15 is 0 Å². The van der Waals surface area contributed by atoms with E-state index in [0.29, 0.717) is 13.2 Å². The first-order valence-corrected chi connectivity index (χ1v) is 8.29. The van der Waals surface area contributed by atoms with Crippen LogP contribution in [0.2, 0.25) is 0 Å². The second kappa shape index (κ2) is 9.17. The van der Waals surface area contributed by atoms with E-state index in [0.717, 1.165) is 29.0 Å². The van der Waals surface area contributed by atoms with E-state index in [-0.39, 0.29) is 0 Å². The normalized spacial score (nSPS) is 10.8. The molecule has 6 nitrogen and oxygen atoms in total. The fourth-order valence-electron chi connectivity index (χ4n) is 2.37. The van der Waals surface area contributed by atoms with E-state index in [4.69, 9.17) is 9.47 Å². The highest BCUT2D eigenvalue weighted by Crippen LogP contribution is 2.19. The van der Waals surface area contributed by atoms with E-state index < -0.39 is 0 Å². The Morgan fingerprint density at radius 2 is 1.58 bits per heavy atom. The summed E-state index contributed by atoms with van der Waals surface area (Å²) in [4.78, 5) is 0. The fraction of sp³-hybridized carbons (Fsp3) is 0.150. The predicted molar refractivity (Wildman–Crippen MR) is 101 cm³/mol. The zero-order valence-electron chi connectivity index (χ0n) is 14.4. The minimum atomic E-state index is 0.430. The van der Waals surface area contributed by atoms with Crippen LogP contribution < -0.4 is 9.47 Å². The number of aromatic nitrogens is 3. The summed E-state index contributed by atoms with van der Waals surface area (Å²) in [6.45, 7) is 4.66. The first-order chi connectivity index (χ1) is 12.9. The smallest absolute Gasteiger partial charge is 0.141 e. The topological polar surface area (TPSA) is 61.5 Å². The Labute approximate surface area is 152 Å². The van der Waals surface area contributed by atoms with E-state index in [9.17, 15) is 0 Å². The molecular formula is C20H20N4O2. The van der Waals surface area contributed by atoms with Crippen LogP contribution in [0.1, 0.15) is 11.1 Å². The van der Waals surface area contributed by atoms with Crippen LogP contribution in [0, 0.1) is 0 Å². The first-order valence-electron chi connectivity index (χ1n) is 8.29. The van der Waals surface area contributed by atoms with Crippen LogP contribution in [0.15, 0.2) is 78.9 Å². The van der Waals surface area contributed by atoms with Gasteiger partial charge in [-0.2, -0.15) is 5.10 Å². The van der Waals surface area contributed by atoms with Gasteiger partial charge in [-0.15, -0.1) is 16.8 Å². The molecule has 0 saturated carbocycles. The van der Waals surface area contributed by atoms with Crippen molar-refractivity contribution in [3.63, 3.8) is 0 Å². The van der Waals surface area contributed by atoms with Crippen LogP contribution in [0.25, 0.3) is 0 Å². The maximum Gasteiger partial charge on any atom is 0.141 e. The molecule has 0 amide bonds. The highest BCUT2D eigenvalue weighted by atomic mass is 16.5. The molecule has 0 unspecified atom stereocenters. The van der Waals surface area contributed by atoms with Gasteiger partial charge in [-0.3, -0.25) is 0 Å². The Bertz CT molecular complexity index is 860. The first kappa shape index (κ1) is 17.4. The number of para-hydroxylation sites is 2. The van der Waals surface area contributed by atoms with Gasteiger partial charge in [0.1, 0.15) is 37.4 Å². The van der Waals surface area contributed by atoms with E-state index in [1.54, 1.807) is 6.21 Å². The van der Waals surface area contributed by atoms with E-state index in [1.165, 1.54) is 17.3 Å². The summed E-state index contributed by atoms with van der Waals surface area (Å²) in [5.41, 5.74) is 1.98. The van der Waals surface area contributed by atoms with Crippen molar-refractivity contribution >= 4 is 6.21 Å². The van der Waals surface area contributed by atoms with Gasteiger partial charge in [-0.05, 0) is 30.2 Å². The average Bonchev–Trinajstić information content (AvgIpc) is 3.19. The number of hydrogen-bond donors (Lipinski definition) is 0. The minimum absolute atomic E-state index is 0.430. The number of rotatable bonds is 9. The van der Waals surface area contributed by atoms with Crippen molar-refractivity contribution in [3.05, 3.63) is 85.0 Å². The lowest BCUT2D eigenvalue weighted by atomic mass is 10.1. The van der Waals surface area contributed by atoms with Crippen LogP contribution >= 0.6 is 0 Å².